The van der Waals surface area contributed by atoms with E-state index in [0.29, 0.717) is 11.9 Å². The van der Waals surface area contributed by atoms with Gasteiger partial charge in [0.25, 0.3) is 6.01 Å². The van der Waals surface area contributed by atoms with Gasteiger partial charge in [0.15, 0.2) is 0 Å². The Morgan fingerprint density at radius 2 is 2.07 bits per heavy atom. The number of aromatic nitrogens is 1. The maximum absolute atomic E-state index is 5.61. The van der Waals surface area contributed by atoms with E-state index in [-0.39, 0.29) is 0 Å². The van der Waals surface area contributed by atoms with Gasteiger partial charge in [-0.25, -0.2) is 0 Å². The van der Waals surface area contributed by atoms with Crippen LogP contribution in [0.1, 0.15) is 11.3 Å². The topological polar surface area (TPSA) is 38.1 Å². The Morgan fingerprint density at radius 1 is 1.33 bits per heavy atom. The van der Waals surface area contributed by atoms with Gasteiger partial charge in [-0.15, -0.1) is 11.6 Å². The minimum atomic E-state index is 0.360. The van der Waals surface area contributed by atoms with Gasteiger partial charge in [-0.3, -0.25) is 0 Å². The highest BCUT2D eigenvalue weighted by molar-refractivity contribution is 6.16. The number of nitrogens with one attached hydrogen (secondary N) is 1. The van der Waals surface area contributed by atoms with E-state index < -0.39 is 0 Å². The lowest BCUT2D eigenvalue weighted by Crippen LogP contribution is -1.90. The van der Waals surface area contributed by atoms with Gasteiger partial charge < -0.3 is 9.73 Å². The van der Waals surface area contributed by atoms with Gasteiger partial charge in [-0.2, -0.15) is 4.98 Å². The summed E-state index contributed by atoms with van der Waals surface area (Å²) in [5.74, 6) is 0.360. The molecule has 3 nitrogen and oxygen atoms in total. The third-order valence-corrected chi connectivity index (χ3v) is 2.27. The van der Waals surface area contributed by atoms with Crippen LogP contribution in [0.15, 0.2) is 34.9 Å². The number of hydrogen-bond donors (Lipinski definition) is 1. The third kappa shape index (κ3) is 2.50. The number of alkyl halides is 1. The summed E-state index contributed by atoms with van der Waals surface area (Å²) in [6.07, 6.45) is 1.55. The van der Waals surface area contributed by atoms with Crippen LogP contribution < -0.4 is 5.32 Å². The fourth-order valence-corrected chi connectivity index (χ4v) is 1.31. The van der Waals surface area contributed by atoms with Crippen LogP contribution in [-0.4, -0.2) is 4.98 Å². The summed E-state index contributed by atoms with van der Waals surface area (Å²) in [5, 5.41) is 3.05. The molecule has 0 aliphatic rings. The first-order valence-corrected chi connectivity index (χ1v) is 5.15. The van der Waals surface area contributed by atoms with Gasteiger partial charge in [-0.05, 0) is 19.1 Å². The summed E-state index contributed by atoms with van der Waals surface area (Å²) in [6, 6.07) is 8.45. The highest BCUT2D eigenvalue weighted by Gasteiger charge is 2.02. The molecule has 0 saturated heterocycles. The highest BCUT2D eigenvalue weighted by atomic mass is 35.5. The van der Waals surface area contributed by atoms with Crippen LogP contribution in [0.5, 0.6) is 0 Å². The van der Waals surface area contributed by atoms with E-state index in [1.54, 1.807) is 6.26 Å². The molecule has 78 valence electrons. The molecule has 0 aliphatic carbocycles. The molecular weight excluding hydrogens is 212 g/mol. The standard InChI is InChI=1S/C11H11ClN2O/c1-8-2-4-9(5-3-8)13-11-14-10(6-12)7-15-11/h2-5,7H,6H2,1H3,(H,13,14). The quantitative estimate of drug-likeness (QED) is 0.809. The van der Waals surface area contributed by atoms with E-state index in [4.69, 9.17) is 16.0 Å². The smallest absolute Gasteiger partial charge is 0.299 e. The van der Waals surface area contributed by atoms with Crippen molar-refractivity contribution < 1.29 is 4.42 Å². The molecule has 15 heavy (non-hydrogen) atoms. The normalized spacial score (nSPS) is 10.3. The van der Waals surface area contributed by atoms with E-state index in [1.807, 2.05) is 31.2 Å². The molecule has 4 heteroatoms. The zero-order valence-electron chi connectivity index (χ0n) is 8.33. The Morgan fingerprint density at radius 3 is 2.67 bits per heavy atom. The van der Waals surface area contributed by atoms with E-state index >= 15 is 0 Å². The van der Waals surface area contributed by atoms with Gasteiger partial charge in [0.05, 0.1) is 11.6 Å². The van der Waals surface area contributed by atoms with E-state index in [2.05, 4.69) is 10.3 Å². The number of benzene rings is 1. The van der Waals surface area contributed by atoms with Gasteiger partial charge in [0.1, 0.15) is 6.26 Å². The summed E-state index contributed by atoms with van der Waals surface area (Å²) in [6.45, 7) is 2.04. The average Bonchev–Trinajstić information content (AvgIpc) is 2.69. The molecule has 2 rings (SSSR count). The number of rotatable bonds is 3. The molecule has 0 atom stereocenters. The first kappa shape index (κ1) is 10.1. The van der Waals surface area contributed by atoms with Crippen LogP contribution >= 0.6 is 11.6 Å². The van der Waals surface area contributed by atoms with Crippen molar-refractivity contribution in [1.82, 2.24) is 4.98 Å². The number of halogens is 1. The molecular formula is C11H11ClN2O. The lowest BCUT2D eigenvalue weighted by molar-refractivity contribution is 0.576. The van der Waals surface area contributed by atoms with Crippen molar-refractivity contribution in [2.24, 2.45) is 0 Å². The number of hydrogen-bond acceptors (Lipinski definition) is 3. The SMILES string of the molecule is Cc1ccc(Nc2nc(CCl)co2)cc1. The number of oxazole rings is 1. The van der Waals surface area contributed by atoms with Crippen molar-refractivity contribution in [2.75, 3.05) is 5.32 Å². The average molecular weight is 223 g/mol. The van der Waals surface area contributed by atoms with Crippen LogP contribution in [0.25, 0.3) is 0 Å². The van der Waals surface area contributed by atoms with E-state index in [1.165, 1.54) is 5.56 Å². The van der Waals surface area contributed by atoms with Crippen LogP contribution in [-0.2, 0) is 5.88 Å². The maximum atomic E-state index is 5.61. The Kier molecular flexibility index (Phi) is 2.92. The predicted octanol–water partition coefficient (Wildman–Crippen LogP) is 3.47. The van der Waals surface area contributed by atoms with E-state index in [9.17, 15) is 0 Å². The van der Waals surface area contributed by atoms with E-state index in [0.717, 1.165) is 11.4 Å². The fraction of sp³-hybridized carbons (Fsp3) is 0.182. The summed E-state index contributed by atoms with van der Waals surface area (Å²) in [7, 11) is 0. The van der Waals surface area contributed by atoms with Crippen molar-refractivity contribution in [1.29, 1.82) is 0 Å². The molecule has 1 heterocycles. The number of aryl methyl sites for hydroxylation is 1. The van der Waals surface area contributed by atoms with Crippen molar-refractivity contribution >= 4 is 23.3 Å². The lowest BCUT2D eigenvalue weighted by Gasteiger charge is -2.00. The minimum Gasteiger partial charge on any atom is -0.432 e. The second-order valence-electron chi connectivity index (χ2n) is 3.27. The molecule has 0 amide bonds. The molecule has 1 aromatic heterocycles. The minimum absolute atomic E-state index is 0.360. The zero-order chi connectivity index (χ0) is 10.7. The van der Waals surface area contributed by atoms with Gasteiger partial charge in [0, 0.05) is 5.69 Å². The first-order chi connectivity index (χ1) is 7.28. The van der Waals surface area contributed by atoms with Crippen LogP contribution in [0.3, 0.4) is 0 Å². The monoisotopic (exact) mass is 222 g/mol. The second-order valence-corrected chi connectivity index (χ2v) is 3.54. The summed E-state index contributed by atoms with van der Waals surface area (Å²) < 4.78 is 5.18. The van der Waals surface area contributed by atoms with Crippen LogP contribution in [0, 0.1) is 6.92 Å². The highest BCUT2D eigenvalue weighted by Crippen LogP contribution is 2.16. The predicted molar refractivity (Wildman–Crippen MR) is 60.5 cm³/mol. The Hall–Kier alpha value is -1.48. The molecule has 2 aromatic rings. The Bertz CT molecular complexity index is 436. The van der Waals surface area contributed by atoms with Gasteiger partial charge >= 0.3 is 0 Å². The molecule has 1 N–H and O–H groups in total. The summed E-state index contributed by atoms with van der Waals surface area (Å²) >= 11 is 5.61. The first-order valence-electron chi connectivity index (χ1n) is 4.62. The fourth-order valence-electron chi connectivity index (χ4n) is 1.19. The van der Waals surface area contributed by atoms with Gasteiger partial charge in [0.2, 0.25) is 0 Å². The third-order valence-electron chi connectivity index (χ3n) is 1.99. The maximum Gasteiger partial charge on any atom is 0.299 e. The molecule has 0 aliphatic heterocycles. The summed E-state index contributed by atoms with van der Waals surface area (Å²) in [5.41, 5.74) is 2.89. The summed E-state index contributed by atoms with van der Waals surface area (Å²) in [4.78, 5) is 4.14. The molecule has 0 spiro atoms. The molecule has 1 aromatic carbocycles. The number of anilines is 2. The van der Waals surface area contributed by atoms with Crippen molar-refractivity contribution in [3.8, 4) is 0 Å². The number of nitrogens with zero attached hydrogens (tertiary/aromatic N) is 1. The molecule has 0 saturated carbocycles. The lowest BCUT2D eigenvalue weighted by atomic mass is 10.2. The molecule has 0 unspecified atom stereocenters. The van der Waals surface area contributed by atoms with Crippen LogP contribution in [0.2, 0.25) is 0 Å². The zero-order valence-corrected chi connectivity index (χ0v) is 9.08. The van der Waals surface area contributed by atoms with Crippen LogP contribution in [0.4, 0.5) is 11.7 Å². The molecule has 0 bridgehead atoms. The molecule has 0 radical (unpaired) electrons. The second kappa shape index (κ2) is 4.36. The van der Waals surface area contributed by atoms with Crippen molar-refractivity contribution in [3.05, 3.63) is 41.8 Å². The Labute approximate surface area is 93.1 Å². The largest absolute Gasteiger partial charge is 0.432 e. The molecule has 0 fully saturated rings. The van der Waals surface area contributed by atoms with Crippen molar-refractivity contribution in [3.63, 3.8) is 0 Å². The Balaban J connectivity index is 2.11. The van der Waals surface area contributed by atoms with Gasteiger partial charge in [-0.1, -0.05) is 17.7 Å². The van der Waals surface area contributed by atoms with Crippen molar-refractivity contribution in [2.45, 2.75) is 12.8 Å².